The number of hydrogen-bond acceptors (Lipinski definition) is 5. The van der Waals surface area contributed by atoms with Gasteiger partial charge in [-0.3, -0.25) is 4.79 Å². The minimum atomic E-state index is -1.33. The normalized spacial score (nSPS) is 16.9. The fourth-order valence-electron chi connectivity index (χ4n) is 3.83. The van der Waals surface area contributed by atoms with Crippen molar-refractivity contribution < 1.29 is 19.9 Å². The van der Waals surface area contributed by atoms with Gasteiger partial charge in [0.05, 0.1) is 0 Å². The van der Waals surface area contributed by atoms with Gasteiger partial charge in [-0.25, -0.2) is 0 Å². The number of piperidine rings is 1. The fraction of sp³-hybridized carbons (Fsp3) is 0.650. The first-order valence-corrected chi connectivity index (χ1v) is 10.0. The Kier molecular flexibility index (Phi) is 13.8. The highest BCUT2D eigenvalue weighted by atomic mass is 35.5. The summed E-state index contributed by atoms with van der Waals surface area (Å²) in [4.78, 5) is 14.0. The van der Waals surface area contributed by atoms with Crippen LogP contribution in [0.4, 0.5) is 0 Å². The smallest absolute Gasteiger partial charge is 0.451 e. The van der Waals surface area contributed by atoms with Crippen LogP contribution in [0.15, 0.2) is 30.3 Å². The zero-order valence-corrected chi connectivity index (χ0v) is 18.5. The maximum Gasteiger partial charge on any atom is 0.451 e. The lowest BCUT2D eigenvalue weighted by Gasteiger charge is -2.34. The van der Waals surface area contributed by atoms with E-state index in [1.54, 1.807) is 0 Å². The van der Waals surface area contributed by atoms with Gasteiger partial charge in [0.15, 0.2) is 0 Å². The molecule has 1 aliphatic rings. The molecule has 6 nitrogen and oxygen atoms in total. The molecule has 2 rings (SSSR count). The summed E-state index contributed by atoms with van der Waals surface area (Å²) >= 11 is 0. The van der Waals surface area contributed by atoms with E-state index in [2.05, 4.69) is 29.2 Å². The second-order valence-corrected chi connectivity index (χ2v) is 7.91. The van der Waals surface area contributed by atoms with Crippen molar-refractivity contribution in [3.8, 4) is 0 Å². The van der Waals surface area contributed by atoms with Gasteiger partial charge in [0.25, 0.3) is 0 Å². The predicted octanol–water partition coefficient (Wildman–Crippen LogP) is 2.60. The van der Waals surface area contributed by atoms with Crippen LogP contribution in [-0.2, 0) is 11.2 Å². The first-order chi connectivity index (χ1) is 12.9. The summed E-state index contributed by atoms with van der Waals surface area (Å²) in [5.41, 5.74) is 6.30. The molecular formula is C20H35BCl2N2O4. The Balaban J connectivity index is 0.00000392. The molecule has 1 saturated heterocycles. The molecule has 166 valence electrons. The number of hydrogen-bond donors (Lipinski definition) is 4. The molecule has 0 aliphatic carbocycles. The van der Waals surface area contributed by atoms with Crippen molar-refractivity contribution >= 4 is 37.9 Å². The van der Waals surface area contributed by atoms with Crippen LogP contribution in [0.5, 0.6) is 0 Å². The van der Waals surface area contributed by atoms with Crippen LogP contribution in [0, 0.1) is 5.92 Å². The van der Waals surface area contributed by atoms with E-state index >= 15 is 0 Å². The zero-order chi connectivity index (χ0) is 19.7. The van der Waals surface area contributed by atoms with Gasteiger partial charge in [-0.15, -0.1) is 24.8 Å². The van der Waals surface area contributed by atoms with Crippen LogP contribution in [-0.4, -0.2) is 58.3 Å². The van der Waals surface area contributed by atoms with Gasteiger partial charge >= 0.3 is 13.1 Å². The van der Waals surface area contributed by atoms with Crippen LogP contribution < -0.4 is 5.73 Å². The topological polar surface area (TPSA) is 107 Å². The van der Waals surface area contributed by atoms with E-state index in [9.17, 15) is 9.90 Å². The van der Waals surface area contributed by atoms with E-state index in [1.165, 1.54) is 5.56 Å². The van der Waals surface area contributed by atoms with Crippen LogP contribution in [0.1, 0.15) is 44.1 Å². The van der Waals surface area contributed by atoms with Gasteiger partial charge in [0, 0.05) is 6.54 Å². The van der Waals surface area contributed by atoms with Crippen molar-refractivity contribution in [2.75, 3.05) is 19.6 Å². The van der Waals surface area contributed by atoms with Gasteiger partial charge < -0.3 is 25.8 Å². The molecule has 9 heteroatoms. The molecule has 0 amide bonds. The molecule has 1 aromatic rings. The highest BCUT2D eigenvalue weighted by Gasteiger charge is 2.34. The molecule has 0 radical (unpaired) electrons. The van der Waals surface area contributed by atoms with Crippen molar-refractivity contribution in [2.24, 2.45) is 11.7 Å². The Morgan fingerprint density at radius 2 is 1.72 bits per heavy atom. The molecule has 1 unspecified atom stereocenters. The molecule has 5 N–H and O–H groups in total. The molecule has 1 fully saturated rings. The van der Waals surface area contributed by atoms with E-state index in [0.29, 0.717) is 38.1 Å². The van der Waals surface area contributed by atoms with E-state index < -0.39 is 18.6 Å². The number of unbranched alkanes of at least 4 members (excludes halogenated alkanes) is 1. The Morgan fingerprint density at radius 1 is 1.10 bits per heavy atom. The number of carboxylic acid groups (broad SMARTS) is 1. The van der Waals surface area contributed by atoms with E-state index in [1.807, 2.05) is 6.07 Å². The molecule has 0 spiro atoms. The summed E-state index contributed by atoms with van der Waals surface area (Å²) in [5, 5.41) is 27.3. The quantitative estimate of drug-likeness (QED) is 0.306. The third-order valence-electron chi connectivity index (χ3n) is 5.71. The lowest BCUT2D eigenvalue weighted by atomic mass is 9.81. The average molecular weight is 449 g/mol. The molecule has 1 heterocycles. The Bertz CT molecular complexity index is 575. The number of aliphatic carboxylic acids is 1. The lowest BCUT2D eigenvalue weighted by Crippen LogP contribution is -2.50. The summed E-state index contributed by atoms with van der Waals surface area (Å²) in [6, 6.07) is 10.6. The Hall–Kier alpha value is -0.825. The number of benzene rings is 1. The molecule has 0 aromatic heterocycles. The monoisotopic (exact) mass is 448 g/mol. The molecule has 1 aromatic carbocycles. The third-order valence-corrected chi connectivity index (χ3v) is 5.71. The number of nitrogens with zero attached hydrogens (tertiary/aromatic N) is 1. The van der Waals surface area contributed by atoms with Gasteiger partial charge in [0.2, 0.25) is 0 Å². The van der Waals surface area contributed by atoms with Crippen molar-refractivity contribution in [1.29, 1.82) is 0 Å². The molecule has 0 bridgehead atoms. The van der Waals surface area contributed by atoms with Gasteiger partial charge in [0.1, 0.15) is 5.54 Å². The van der Waals surface area contributed by atoms with Crippen LogP contribution in [0.25, 0.3) is 0 Å². The highest BCUT2D eigenvalue weighted by Crippen LogP contribution is 2.24. The summed E-state index contributed by atoms with van der Waals surface area (Å²) in [7, 11) is -1.33. The molecule has 1 atom stereocenters. The number of nitrogens with two attached hydrogens (primary N) is 1. The zero-order valence-electron chi connectivity index (χ0n) is 16.9. The number of halogens is 2. The maximum absolute atomic E-state index is 11.6. The second kappa shape index (κ2) is 14.2. The third kappa shape index (κ3) is 10.2. The first-order valence-electron chi connectivity index (χ1n) is 10.0. The minimum absolute atomic E-state index is 0. The minimum Gasteiger partial charge on any atom is -0.480 e. The molecule has 29 heavy (non-hydrogen) atoms. The average Bonchev–Trinajstić information content (AvgIpc) is 2.65. The Labute approximate surface area is 186 Å². The standard InChI is InChI=1S/C20H33BN2O4.2ClH/c22-20(19(24)25,10-4-5-12-21(26)27)11-15-23-13-8-18(9-14-23)16-17-6-2-1-3-7-17;;/h1-3,6-7,18,26-27H,4-5,8-16,22H2,(H,24,25);2*1H. The first kappa shape index (κ1) is 28.2. The summed E-state index contributed by atoms with van der Waals surface area (Å²) in [5.74, 6) is -0.276. The van der Waals surface area contributed by atoms with Crippen molar-refractivity contribution in [3.05, 3.63) is 35.9 Å². The van der Waals surface area contributed by atoms with Crippen molar-refractivity contribution in [2.45, 2.75) is 56.8 Å². The maximum atomic E-state index is 11.6. The predicted molar refractivity (Wildman–Crippen MR) is 122 cm³/mol. The second-order valence-electron chi connectivity index (χ2n) is 7.91. The van der Waals surface area contributed by atoms with Crippen molar-refractivity contribution in [1.82, 2.24) is 4.90 Å². The SMILES string of the molecule is Cl.Cl.NC(CCCCB(O)O)(CCN1CCC(Cc2ccccc2)CC1)C(=O)O. The summed E-state index contributed by atoms with van der Waals surface area (Å²) < 4.78 is 0. The number of likely N-dealkylation sites (tertiary alicyclic amines) is 1. The number of rotatable bonds is 11. The van der Waals surface area contributed by atoms with Crippen LogP contribution >= 0.6 is 24.8 Å². The van der Waals surface area contributed by atoms with Crippen molar-refractivity contribution in [3.63, 3.8) is 0 Å². The van der Waals surface area contributed by atoms with Gasteiger partial charge in [-0.1, -0.05) is 43.2 Å². The summed E-state index contributed by atoms with van der Waals surface area (Å²) in [6.07, 6.45) is 5.56. The lowest BCUT2D eigenvalue weighted by molar-refractivity contribution is -0.144. The highest BCUT2D eigenvalue weighted by molar-refractivity contribution is 6.40. The van der Waals surface area contributed by atoms with Gasteiger partial charge in [-0.2, -0.15) is 0 Å². The van der Waals surface area contributed by atoms with Crippen LogP contribution in [0.3, 0.4) is 0 Å². The molecule has 0 saturated carbocycles. The largest absolute Gasteiger partial charge is 0.480 e. The number of carbonyl (C=O) groups is 1. The number of carboxylic acids is 1. The van der Waals surface area contributed by atoms with E-state index in [-0.39, 0.29) is 31.1 Å². The fourth-order valence-corrected chi connectivity index (χ4v) is 3.83. The van der Waals surface area contributed by atoms with E-state index in [4.69, 9.17) is 15.8 Å². The Morgan fingerprint density at radius 3 is 2.28 bits per heavy atom. The molecular weight excluding hydrogens is 414 g/mol. The summed E-state index contributed by atoms with van der Waals surface area (Å²) in [6.45, 7) is 2.68. The van der Waals surface area contributed by atoms with Gasteiger partial charge in [-0.05, 0) is 63.0 Å². The van der Waals surface area contributed by atoms with Crippen LogP contribution in [0.2, 0.25) is 6.32 Å². The molecule has 1 aliphatic heterocycles. The van der Waals surface area contributed by atoms with E-state index in [0.717, 1.165) is 32.4 Å².